The third kappa shape index (κ3) is 8.32. The summed E-state index contributed by atoms with van der Waals surface area (Å²) in [6.45, 7) is 11.9. The highest BCUT2D eigenvalue weighted by Crippen LogP contribution is 2.73. The fourth-order valence-corrected chi connectivity index (χ4v) is 13.1. The monoisotopic (exact) mass is 901 g/mol. The fraction of sp³-hybridized carbons (Fsp3) is 0.909. The van der Waals surface area contributed by atoms with Crippen LogP contribution in [0.1, 0.15) is 92.4 Å². The highest BCUT2D eigenvalue weighted by Gasteiger charge is 2.69. The van der Waals surface area contributed by atoms with E-state index in [-0.39, 0.29) is 34.5 Å². The van der Waals surface area contributed by atoms with Crippen molar-refractivity contribution < 1.29 is 89.1 Å². The summed E-state index contributed by atoms with van der Waals surface area (Å²) in [5.41, 5.74) is -1.66. The molecule has 2 bridgehead atoms. The number of aliphatic carboxylic acids is 1. The third-order valence-electron chi connectivity index (χ3n) is 16.7. The molecule has 4 aliphatic carbocycles. The first-order valence-corrected chi connectivity index (χ1v) is 22.7. The molecule has 7 aliphatic rings. The van der Waals surface area contributed by atoms with E-state index in [0.717, 1.165) is 24.8 Å². The Labute approximate surface area is 367 Å². The summed E-state index contributed by atoms with van der Waals surface area (Å²) in [5.74, 6) is -2.20. The lowest BCUT2D eigenvalue weighted by Crippen LogP contribution is -2.67. The molecule has 11 N–H and O–H groups in total. The highest BCUT2D eigenvalue weighted by molar-refractivity contribution is 5.87. The first kappa shape index (κ1) is 49.0. The van der Waals surface area contributed by atoms with Crippen LogP contribution in [0, 0.1) is 39.9 Å². The molecule has 19 nitrogen and oxygen atoms in total. The molecule has 19 heteroatoms. The zero-order valence-corrected chi connectivity index (χ0v) is 36.9. The van der Waals surface area contributed by atoms with Crippen LogP contribution in [-0.4, -0.2) is 180 Å². The minimum atomic E-state index is -1.90. The van der Waals surface area contributed by atoms with Gasteiger partial charge in [0.15, 0.2) is 18.9 Å². The predicted molar refractivity (Wildman–Crippen MR) is 217 cm³/mol. The molecule has 7 rings (SSSR count). The van der Waals surface area contributed by atoms with Gasteiger partial charge in [0.2, 0.25) is 5.91 Å². The number of ether oxygens (including phenoxy) is 6. The Morgan fingerprint density at radius 1 is 0.746 bits per heavy atom. The van der Waals surface area contributed by atoms with Gasteiger partial charge in [-0.25, -0.2) is 4.79 Å². The maximum absolute atomic E-state index is 14.2. The van der Waals surface area contributed by atoms with Gasteiger partial charge in [0, 0.05) is 11.3 Å². The van der Waals surface area contributed by atoms with Gasteiger partial charge in [-0.3, -0.25) is 4.79 Å². The largest absolute Gasteiger partial charge is 0.480 e. The van der Waals surface area contributed by atoms with E-state index in [1.165, 1.54) is 0 Å². The minimum Gasteiger partial charge on any atom is -0.480 e. The van der Waals surface area contributed by atoms with Gasteiger partial charge in [0.1, 0.15) is 61.0 Å². The van der Waals surface area contributed by atoms with Gasteiger partial charge < -0.3 is 84.8 Å². The Kier molecular flexibility index (Phi) is 14.2. The molecule has 0 aromatic rings. The van der Waals surface area contributed by atoms with Crippen LogP contribution in [0.4, 0.5) is 0 Å². The van der Waals surface area contributed by atoms with Crippen molar-refractivity contribution in [3.8, 4) is 0 Å². The maximum Gasteiger partial charge on any atom is 0.326 e. The first-order chi connectivity index (χ1) is 29.6. The normalized spacial score (nSPS) is 50.4. The van der Waals surface area contributed by atoms with Gasteiger partial charge in [0.05, 0.1) is 37.6 Å². The number of rotatable bonds is 13. The van der Waals surface area contributed by atoms with E-state index < -0.39 is 135 Å². The number of carbonyl (C=O) groups is 2. The standard InChI is InChI=1S/C44H71NO18/c1-19(2)27(36(55)56)45-40(57)42(6)11-7-10-41(5)25(42)8-12-43-14-20(3)44(18-43,13-9-26(41)43)63-39-35(62-38-33(54)31(52)29(50)23(16-47)59-38)34(30(51)24(17-48)60-39)61-37-32(53)28(49)21(4)22(15-46)58-37/h19,21-35,37-39,46-54H,3,7-18H2,1-2,4-6H3,(H,45,57)(H,55,56)/t21-,22-,23-,24-,25+,26+,27-,28+,29-,30-,31+,32-,33-,34+,35-,37+,38+,39+,41-,42-,43-,44+/m1/s1. The molecule has 0 radical (unpaired) electrons. The van der Waals surface area contributed by atoms with Gasteiger partial charge in [-0.2, -0.15) is 0 Å². The van der Waals surface area contributed by atoms with Crippen molar-refractivity contribution in [3.63, 3.8) is 0 Å². The van der Waals surface area contributed by atoms with Crippen LogP contribution in [0.2, 0.25) is 0 Å². The summed E-state index contributed by atoms with van der Waals surface area (Å²) >= 11 is 0. The number of fused-ring (bicyclic) bond motifs is 3. The van der Waals surface area contributed by atoms with Gasteiger partial charge in [-0.1, -0.05) is 47.6 Å². The predicted octanol–water partition coefficient (Wildman–Crippen LogP) is -0.956. The zero-order valence-electron chi connectivity index (χ0n) is 36.9. The number of hydrogen-bond acceptors (Lipinski definition) is 17. The molecule has 360 valence electrons. The van der Waals surface area contributed by atoms with Gasteiger partial charge in [-0.05, 0) is 85.5 Å². The second kappa shape index (κ2) is 18.3. The molecule has 22 atom stereocenters. The second-order valence-electron chi connectivity index (χ2n) is 20.6. The van der Waals surface area contributed by atoms with E-state index in [4.69, 9.17) is 28.4 Å². The Balaban J connectivity index is 1.19. The highest BCUT2D eigenvalue weighted by atomic mass is 16.8. The molecule has 3 aliphatic heterocycles. The minimum absolute atomic E-state index is 0.0229. The molecule has 1 spiro atoms. The molecule has 0 aromatic heterocycles. The molecule has 63 heavy (non-hydrogen) atoms. The van der Waals surface area contributed by atoms with E-state index in [1.54, 1.807) is 20.8 Å². The quantitative estimate of drug-likeness (QED) is 0.0784. The summed E-state index contributed by atoms with van der Waals surface area (Å²) < 4.78 is 37.4. The molecule has 4 saturated carbocycles. The van der Waals surface area contributed by atoms with Crippen molar-refractivity contribution in [3.05, 3.63) is 12.2 Å². The Morgan fingerprint density at radius 3 is 1.94 bits per heavy atom. The Hall–Kier alpha value is -1.92. The Morgan fingerprint density at radius 2 is 1.32 bits per heavy atom. The summed E-state index contributed by atoms with van der Waals surface area (Å²) in [7, 11) is 0. The lowest BCUT2D eigenvalue weighted by Gasteiger charge is -2.64. The molecule has 0 aromatic carbocycles. The van der Waals surface area contributed by atoms with Crippen molar-refractivity contribution in [2.45, 2.75) is 190 Å². The van der Waals surface area contributed by atoms with E-state index in [2.05, 4.69) is 18.8 Å². The maximum atomic E-state index is 14.2. The van der Waals surface area contributed by atoms with Crippen molar-refractivity contribution >= 4 is 11.9 Å². The number of carbonyl (C=O) groups excluding carboxylic acids is 1. The average Bonchev–Trinajstić information content (AvgIpc) is 3.44. The molecular formula is C44H71NO18. The number of aliphatic hydroxyl groups excluding tert-OH is 9. The lowest BCUT2D eigenvalue weighted by molar-refractivity contribution is -0.398. The second-order valence-corrected chi connectivity index (χ2v) is 20.6. The lowest BCUT2D eigenvalue weighted by atomic mass is 9.40. The number of aliphatic hydroxyl groups is 9. The van der Waals surface area contributed by atoms with Crippen LogP contribution in [0.25, 0.3) is 0 Å². The van der Waals surface area contributed by atoms with Crippen molar-refractivity contribution in [1.29, 1.82) is 0 Å². The number of nitrogens with one attached hydrogen (secondary N) is 1. The summed E-state index contributed by atoms with van der Waals surface area (Å²) in [6.07, 6.45) is -16.2. The van der Waals surface area contributed by atoms with Crippen molar-refractivity contribution in [2.75, 3.05) is 19.8 Å². The number of carboxylic acid groups (broad SMARTS) is 1. The molecule has 3 saturated heterocycles. The van der Waals surface area contributed by atoms with Gasteiger partial charge in [-0.15, -0.1) is 0 Å². The van der Waals surface area contributed by atoms with E-state index in [0.29, 0.717) is 38.5 Å². The van der Waals surface area contributed by atoms with Crippen LogP contribution >= 0.6 is 0 Å². The van der Waals surface area contributed by atoms with E-state index in [1.807, 2.05) is 6.92 Å². The Bertz CT molecular complexity index is 1670. The summed E-state index contributed by atoms with van der Waals surface area (Å²) in [5, 5.41) is 109. The molecular weight excluding hydrogens is 830 g/mol. The molecule has 7 fully saturated rings. The number of amides is 1. The van der Waals surface area contributed by atoms with Crippen molar-refractivity contribution in [1.82, 2.24) is 5.32 Å². The summed E-state index contributed by atoms with van der Waals surface area (Å²) in [6, 6.07) is -1.01. The SMILES string of the molecule is C=C1C[C@@]23CC[C@H]4[C@@](C)(CCC[C@@]4(C)C(=O)N[C@@H](C(=O)O)C(C)C)[C@@H]2CC[C@]1(O[C@@H]1O[C@H](CO)[C@@H](O)[C@H](O[C@@H]2O[C@H](CO)[C@@H](C)[C@H](O)[C@H]2O)[C@H]1O[C@@H]1O[C@H](CO)[C@@H](O)[C@H](O)[C@H]1O)C3. The van der Waals surface area contributed by atoms with Crippen LogP contribution in [0.5, 0.6) is 0 Å². The smallest absolute Gasteiger partial charge is 0.326 e. The molecule has 3 heterocycles. The molecule has 0 unspecified atom stereocenters. The average molecular weight is 902 g/mol. The van der Waals surface area contributed by atoms with Gasteiger partial charge in [0.25, 0.3) is 0 Å². The fourth-order valence-electron chi connectivity index (χ4n) is 13.1. The van der Waals surface area contributed by atoms with E-state index >= 15 is 0 Å². The topological polar surface area (TPSA) is 304 Å². The zero-order chi connectivity index (χ0) is 46.1. The first-order valence-electron chi connectivity index (χ1n) is 22.7. The van der Waals surface area contributed by atoms with Crippen LogP contribution in [-0.2, 0) is 38.0 Å². The molecule has 1 amide bonds. The number of hydrogen-bond donors (Lipinski definition) is 11. The van der Waals surface area contributed by atoms with E-state index in [9.17, 15) is 60.7 Å². The third-order valence-corrected chi connectivity index (χ3v) is 16.7. The summed E-state index contributed by atoms with van der Waals surface area (Å²) in [4.78, 5) is 26.3. The van der Waals surface area contributed by atoms with Crippen molar-refractivity contribution in [2.24, 2.45) is 39.9 Å². The van der Waals surface area contributed by atoms with Crippen LogP contribution < -0.4 is 5.32 Å². The van der Waals surface area contributed by atoms with Crippen LogP contribution in [0.15, 0.2) is 12.2 Å². The number of carboxylic acids is 1. The van der Waals surface area contributed by atoms with Gasteiger partial charge >= 0.3 is 5.97 Å². The van der Waals surface area contributed by atoms with Crippen LogP contribution in [0.3, 0.4) is 0 Å².